The molecule has 74 heavy (non-hydrogen) atoms. The molecule has 5 aliphatic carbocycles. The molecule has 21 nitrogen and oxygen atoms in total. The summed E-state index contributed by atoms with van der Waals surface area (Å²) in [5.41, 5.74) is -0.904. The minimum atomic E-state index is -1.83. The number of allylic oxidation sites excluding steroid dienone is 2. The summed E-state index contributed by atoms with van der Waals surface area (Å²) in [5.74, 6) is -0.306. The Bertz CT molecular complexity index is 2040. The van der Waals surface area contributed by atoms with Crippen LogP contribution in [-0.4, -0.2) is 210 Å². The van der Waals surface area contributed by atoms with Crippen LogP contribution in [0, 0.1) is 50.2 Å². The molecule has 0 aromatic heterocycles. The fraction of sp³-hybridized carbons (Fsp3) is 0.943. The molecule has 0 amide bonds. The fourth-order valence-electron chi connectivity index (χ4n) is 16.2. The zero-order valence-electron chi connectivity index (χ0n) is 44.1. The van der Waals surface area contributed by atoms with E-state index in [0.29, 0.717) is 19.3 Å². The number of hydrogen-bond acceptors (Lipinski definition) is 21. The maximum absolute atomic E-state index is 14.8. The molecule has 4 saturated heterocycles. The van der Waals surface area contributed by atoms with E-state index < -0.39 is 153 Å². The molecule has 4 saturated carbocycles. The Kier molecular flexibility index (Phi) is 15.8. The van der Waals surface area contributed by atoms with Crippen molar-refractivity contribution in [2.45, 2.75) is 242 Å². The highest BCUT2D eigenvalue weighted by Crippen LogP contribution is 2.76. The molecule has 0 spiro atoms. The van der Waals surface area contributed by atoms with Gasteiger partial charge in [0.1, 0.15) is 85.5 Å². The monoisotopic (exact) mass is 1060 g/mol. The van der Waals surface area contributed by atoms with Gasteiger partial charge in [-0.3, -0.25) is 4.79 Å². The first-order chi connectivity index (χ1) is 34.6. The number of carbonyl (C=O) groups excluding carboxylic acids is 1. The van der Waals surface area contributed by atoms with Gasteiger partial charge in [-0.05, 0) is 116 Å². The highest BCUT2D eigenvalue weighted by Gasteiger charge is 2.70. The molecule has 2 unspecified atom stereocenters. The Labute approximate surface area is 433 Å². The Morgan fingerprint density at radius 2 is 1.18 bits per heavy atom. The number of ether oxygens (including phenoxy) is 8. The van der Waals surface area contributed by atoms with Crippen molar-refractivity contribution in [3.8, 4) is 0 Å². The van der Waals surface area contributed by atoms with Crippen molar-refractivity contribution in [3.05, 3.63) is 11.6 Å². The summed E-state index contributed by atoms with van der Waals surface area (Å²) in [7, 11) is 0. The van der Waals surface area contributed by atoms with E-state index >= 15 is 0 Å². The molecule has 424 valence electrons. The van der Waals surface area contributed by atoms with Crippen LogP contribution >= 0.6 is 0 Å². The van der Waals surface area contributed by atoms with Crippen molar-refractivity contribution in [1.29, 1.82) is 0 Å². The summed E-state index contributed by atoms with van der Waals surface area (Å²) in [6.45, 7) is 15.9. The van der Waals surface area contributed by atoms with Crippen molar-refractivity contribution >= 4 is 5.97 Å². The number of rotatable bonds is 10. The molecule has 0 bridgehead atoms. The Hall–Kier alpha value is -1.55. The van der Waals surface area contributed by atoms with Gasteiger partial charge in [0.15, 0.2) is 18.9 Å². The highest BCUT2D eigenvalue weighted by molar-refractivity contribution is 5.79. The Morgan fingerprint density at radius 3 is 1.81 bits per heavy atom. The molecule has 12 N–H and O–H groups in total. The van der Waals surface area contributed by atoms with E-state index in [0.717, 1.165) is 44.9 Å². The van der Waals surface area contributed by atoms with Crippen LogP contribution in [-0.2, 0) is 42.7 Å². The lowest BCUT2D eigenvalue weighted by atomic mass is 9.33. The van der Waals surface area contributed by atoms with Crippen LogP contribution in [0.1, 0.15) is 120 Å². The molecule has 21 heteroatoms. The minimum Gasteiger partial charge on any atom is -0.432 e. The maximum atomic E-state index is 14.8. The van der Waals surface area contributed by atoms with Gasteiger partial charge in [0.2, 0.25) is 6.29 Å². The summed E-state index contributed by atoms with van der Waals surface area (Å²) in [6.07, 6.45) is -20.0. The van der Waals surface area contributed by atoms with Crippen molar-refractivity contribution in [2.24, 2.45) is 50.2 Å². The summed E-state index contributed by atoms with van der Waals surface area (Å²) >= 11 is 0. The number of aliphatic hydroxyl groups is 12. The first kappa shape index (κ1) is 57.1. The van der Waals surface area contributed by atoms with Crippen LogP contribution in [0.3, 0.4) is 0 Å². The predicted molar refractivity (Wildman–Crippen MR) is 255 cm³/mol. The second kappa shape index (κ2) is 20.5. The standard InChI is InChI=1S/C53H86O21/c1-23-32(57)35(60)38(63)43(68-23)73-42-41(72-44-39(64)36(61)33(58)27(20-54)69-44)26(56)22-67-46(42)71-31-12-13-50(6)29(49(31,4)5)11-14-52(8)30(50)10-9-24-25-19-48(2,3)15-17-53(25,18-16-51(24,52)7)47(66)74-45-40(65)37(62)34(59)28(21-55)70-45/h9,23,25-46,54-65H,10-22H2,1-8H3/t23-,25-,26-,27+,28+,29?,30?,31-,32-,33+,34+,35+,36-,37-,38+,39+,40+,41-,42+,43-,44-,45-,46-,50-,51+,52+,53-/m0/s1. The first-order valence-corrected chi connectivity index (χ1v) is 27.1. The average molecular weight is 1060 g/mol. The average Bonchev–Trinajstić information content (AvgIpc) is 3.35. The van der Waals surface area contributed by atoms with Crippen LogP contribution in [0.5, 0.6) is 0 Å². The van der Waals surface area contributed by atoms with E-state index in [2.05, 4.69) is 54.5 Å². The molecule has 0 aromatic rings. The van der Waals surface area contributed by atoms with E-state index in [1.54, 1.807) is 0 Å². The van der Waals surface area contributed by atoms with E-state index in [1.807, 2.05) is 0 Å². The first-order valence-electron chi connectivity index (χ1n) is 27.1. The number of aliphatic hydroxyl groups excluding tert-OH is 12. The lowest BCUT2D eigenvalue weighted by Gasteiger charge is -2.71. The van der Waals surface area contributed by atoms with Crippen LogP contribution in [0.25, 0.3) is 0 Å². The van der Waals surface area contributed by atoms with E-state index in [4.69, 9.17) is 37.9 Å². The quantitative estimate of drug-likeness (QED) is 0.0755. The smallest absolute Gasteiger partial charge is 0.315 e. The van der Waals surface area contributed by atoms with Crippen molar-refractivity contribution in [2.75, 3.05) is 19.8 Å². The summed E-state index contributed by atoms with van der Waals surface area (Å²) in [5, 5.41) is 128. The van der Waals surface area contributed by atoms with Gasteiger partial charge in [0, 0.05) is 0 Å². The number of hydrogen-bond donors (Lipinski definition) is 12. The van der Waals surface area contributed by atoms with E-state index in [-0.39, 0.29) is 46.0 Å². The SMILES string of the molecule is C[C@@H]1O[C@@H](O[C@H]2[C@H](O[C@H]3CC[C@@]4(C)C(CC[C@]5(C)C4CC=C4[C@@H]6CC(C)(C)CC[C@]6(C(=O)O[C@@H]6O[C@H](CO)[C@@H](O)[C@H](O)[C@H]6O)CC[C@]45C)C3(C)C)OC[C@H](O)[C@@H]2O[C@@H]2O[C@H](CO)[C@@H](O)[C@H](O)[C@H]2O)[C@H](O)[C@H](O)[C@H]1O. The number of carbonyl (C=O) groups is 1. The molecule has 8 fully saturated rings. The van der Waals surface area contributed by atoms with Crippen LogP contribution in [0.15, 0.2) is 11.6 Å². The van der Waals surface area contributed by atoms with Crippen LogP contribution in [0.4, 0.5) is 0 Å². The lowest BCUT2D eigenvalue weighted by molar-refractivity contribution is -0.388. The maximum Gasteiger partial charge on any atom is 0.315 e. The van der Waals surface area contributed by atoms with Crippen molar-refractivity contribution < 1.29 is 104 Å². The van der Waals surface area contributed by atoms with Gasteiger partial charge >= 0.3 is 5.97 Å². The summed E-state index contributed by atoms with van der Waals surface area (Å²) in [4.78, 5) is 14.8. The lowest BCUT2D eigenvalue weighted by Crippen LogP contribution is -2.67. The van der Waals surface area contributed by atoms with Gasteiger partial charge in [-0.15, -0.1) is 0 Å². The van der Waals surface area contributed by atoms with Crippen molar-refractivity contribution in [1.82, 2.24) is 0 Å². The fourth-order valence-corrected chi connectivity index (χ4v) is 16.2. The third-order valence-electron chi connectivity index (χ3n) is 21.0. The highest BCUT2D eigenvalue weighted by atomic mass is 16.8. The number of fused-ring (bicyclic) bond motifs is 7. The Morgan fingerprint density at radius 1 is 0.608 bits per heavy atom. The van der Waals surface area contributed by atoms with Gasteiger partial charge in [-0.1, -0.05) is 60.1 Å². The van der Waals surface area contributed by atoms with E-state index in [9.17, 15) is 66.1 Å². The number of esters is 1. The molecule has 4 aliphatic heterocycles. The Balaban J connectivity index is 0.973. The molecular weight excluding hydrogens is 973 g/mol. The van der Waals surface area contributed by atoms with Gasteiger partial charge in [-0.2, -0.15) is 0 Å². The van der Waals surface area contributed by atoms with Crippen LogP contribution < -0.4 is 0 Å². The van der Waals surface area contributed by atoms with Gasteiger partial charge in [0.05, 0.1) is 37.4 Å². The topological polar surface area (TPSA) is 334 Å². The van der Waals surface area contributed by atoms with Gasteiger partial charge in [-0.25, -0.2) is 0 Å². The zero-order chi connectivity index (χ0) is 54.0. The van der Waals surface area contributed by atoms with Crippen molar-refractivity contribution in [3.63, 3.8) is 0 Å². The molecule has 27 atom stereocenters. The molecule has 0 radical (unpaired) electrons. The third kappa shape index (κ3) is 9.17. The molecule has 9 aliphatic rings. The molecule has 4 heterocycles. The molecular formula is C53H86O21. The second-order valence-electron chi connectivity index (χ2n) is 25.8. The van der Waals surface area contributed by atoms with Gasteiger partial charge in [0.25, 0.3) is 0 Å². The third-order valence-corrected chi connectivity index (χ3v) is 21.0. The largest absolute Gasteiger partial charge is 0.432 e. The molecule has 0 aromatic carbocycles. The minimum absolute atomic E-state index is 0.0812. The van der Waals surface area contributed by atoms with E-state index in [1.165, 1.54) is 12.5 Å². The summed E-state index contributed by atoms with van der Waals surface area (Å²) < 4.78 is 49.0. The van der Waals surface area contributed by atoms with Crippen LogP contribution in [0.2, 0.25) is 0 Å². The normalized spacial score (nSPS) is 54.1. The molecule has 9 rings (SSSR count). The van der Waals surface area contributed by atoms with Gasteiger partial charge < -0.3 is 99.2 Å². The predicted octanol–water partition coefficient (Wildman–Crippen LogP) is -0.369. The second-order valence-corrected chi connectivity index (χ2v) is 25.8. The zero-order valence-corrected chi connectivity index (χ0v) is 44.1. The summed E-state index contributed by atoms with van der Waals surface area (Å²) in [6, 6.07) is 0.